The molecule has 1 aromatic carbocycles. The molecule has 2 aliphatic carbocycles. The number of hydrogen-bond acceptors (Lipinski definition) is 8. The van der Waals surface area contributed by atoms with E-state index in [0.29, 0.717) is 42.0 Å². The number of aliphatic hydroxyl groups excluding tert-OH is 1. The maximum absolute atomic E-state index is 14.5. The van der Waals surface area contributed by atoms with Crippen molar-refractivity contribution < 1.29 is 18.6 Å². The molecular formula is C30H41F2N7O2. The van der Waals surface area contributed by atoms with Gasteiger partial charge in [-0.1, -0.05) is 6.42 Å². The Morgan fingerprint density at radius 2 is 1.73 bits per heavy atom. The summed E-state index contributed by atoms with van der Waals surface area (Å²) in [5.41, 5.74) is 1.39. The number of imidazole rings is 1. The summed E-state index contributed by atoms with van der Waals surface area (Å²) in [6.07, 6.45) is 12.5. The first-order valence-electron chi connectivity index (χ1n) is 15.3. The molecule has 1 aliphatic heterocycles. The van der Waals surface area contributed by atoms with Crippen LogP contribution in [-0.2, 0) is 4.74 Å². The third kappa shape index (κ3) is 6.95. The molecule has 2 saturated carbocycles. The van der Waals surface area contributed by atoms with Gasteiger partial charge >= 0.3 is 0 Å². The smallest absolute Gasteiger partial charge is 0.224 e. The van der Waals surface area contributed by atoms with Crippen LogP contribution in [0.3, 0.4) is 0 Å². The molecule has 0 radical (unpaired) electrons. The van der Waals surface area contributed by atoms with E-state index >= 15 is 0 Å². The van der Waals surface area contributed by atoms with Crippen molar-refractivity contribution in [2.45, 2.75) is 94.9 Å². The predicted octanol–water partition coefficient (Wildman–Crippen LogP) is 5.55. The van der Waals surface area contributed by atoms with Crippen molar-refractivity contribution >= 4 is 28.7 Å². The van der Waals surface area contributed by atoms with Crippen LogP contribution in [0.15, 0.2) is 24.4 Å². The Morgan fingerprint density at radius 3 is 2.49 bits per heavy atom. The van der Waals surface area contributed by atoms with Crippen LogP contribution in [0.1, 0.15) is 76.7 Å². The lowest BCUT2D eigenvalue weighted by molar-refractivity contribution is 0.0123. The molecule has 222 valence electrons. The second kappa shape index (κ2) is 13.0. The summed E-state index contributed by atoms with van der Waals surface area (Å²) in [5, 5.41) is 16.7. The van der Waals surface area contributed by atoms with Gasteiger partial charge in [-0.05, 0) is 89.4 Å². The van der Waals surface area contributed by atoms with Crippen LogP contribution in [0.5, 0.6) is 0 Å². The Bertz CT molecular complexity index is 1300. The van der Waals surface area contributed by atoms with Crippen molar-refractivity contribution in [1.82, 2.24) is 24.4 Å². The van der Waals surface area contributed by atoms with E-state index in [0.717, 1.165) is 57.7 Å². The molecule has 3 aliphatic rings. The van der Waals surface area contributed by atoms with Gasteiger partial charge in [-0.2, -0.15) is 4.98 Å². The zero-order valence-corrected chi connectivity index (χ0v) is 23.6. The van der Waals surface area contributed by atoms with E-state index in [2.05, 4.69) is 25.5 Å². The molecule has 0 unspecified atom stereocenters. The maximum Gasteiger partial charge on any atom is 0.224 e. The highest BCUT2D eigenvalue weighted by Gasteiger charge is 2.27. The number of halogens is 2. The zero-order valence-electron chi connectivity index (χ0n) is 23.6. The summed E-state index contributed by atoms with van der Waals surface area (Å²) < 4.78 is 36.2. The number of piperidine rings is 1. The van der Waals surface area contributed by atoms with Crippen molar-refractivity contribution in [3.63, 3.8) is 0 Å². The number of anilines is 3. The van der Waals surface area contributed by atoms with Crippen LogP contribution < -0.4 is 10.6 Å². The summed E-state index contributed by atoms with van der Waals surface area (Å²) in [6.45, 7) is 4.24. The van der Waals surface area contributed by atoms with Crippen molar-refractivity contribution in [3.8, 4) is 0 Å². The fraction of sp³-hybridized carbons (Fsp3) is 0.633. The van der Waals surface area contributed by atoms with Crippen LogP contribution in [0.2, 0.25) is 0 Å². The molecular weight excluding hydrogens is 528 g/mol. The summed E-state index contributed by atoms with van der Waals surface area (Å²) in [4.78, 5) is 16.6. The highest BCUT2D eigenvalue weighted by molar-refractivity contribution is 5.76. The van der Waals surface area contributed by atoms with Crippen LogP contribution in [0.4, 0.5) is 26.4 Å². The molecule has 3 heterocycles. The highest BCUT2D eigenvalue weighted by atomic mass is 19.1. The fourth-order valence-corrected chi connectivity index (χ4v) is 6.51. The minimum absolute atomic E-state index is 0.0367. The summed E-state index contributed by atoms with van der Waals surface area (Å²) in [5.74, 6) is -0.353. The molecule has 0 spiro atoms. The molecule has 6 rings (SSSR count). The Hall–Kier alpha value is -2.89. The normalized spacial score (nSPS) is 25.8. The average molecular weight is 570 g/mol. The quantitative estimate of drug-likeness (QED) is 0.309. The Balaban J connectivity index is 1.13. The lowest BCUT2D eigenvalue weighted by Gasteiger charge is -2.31. The van der Waals surface area contributed by atoms with E-state index < -0.39 is 11.6 Å². The second-order valence-corrected chi connectivity index (χ2v) is 11.8. The van der Waals surface area contributed by atoms with Crippen molar-refractivity contribution in [2.75, 3.05) is 36.9 Å². The number of aromatic nitrogens is 4. The molecule has 3 fully saturated rings. The molecule has 1 saturated heterocycles. The number of fused-ring (bicyclic) bond motifs is 1. The van der Waals surface area contributed by atoms with E-state index in [9.17, 15) is 13.9 Å². The number of ether oxygens (including phenoxy) is 1. The number of rotatable bonds is 9. The molecule has 3 N–H and O–H groups in total. The van der Waals surface area contributed by atoms with E-state index in [1.54, 1.807) is 6.20 Å². The van der Waals surface area contributed by atoms with Crippen LogP contribution in [0, 0.1) is 11.6 Å². The number of nitrogens with zero attached hydrogens (tertiary/aromatic N) is 5. The number of nitrogens with one attached hydrogen (secondary N) is 2. The Kier molecular flexibility index (Phi) is 8.92. The predicted molar refractivity (Wildman–Crippen MR) is 154 cm³/mol. The summed E-state index contributed by atoms with van der Waals surface area (Å²) in [7, 11) is 0. The Labute approximate surface area is 239 Å². The van der Waals surface area contributed by atoms with E-state index in [1.165, 1.54) is 44.5 Å². The third-order valence-corrected chi connectivity index (χ3v) is 8.86. The zero-order chi connectivity index (χ0) is 28.2. The minimum atomic E-state index is -0.692. The van der Waals surface area contributed by atoms with Gasteiger partial charge in [-0.15, -0.1) is 0 Å². The van der Waals surface area contributed by atoms with Gasteiger partial charge in [0.25, 0.3) is 0 Å². The largest absolute Gasteiger partial charge is 0.393 e. The number of aliphatic hydroxyl groups is 1. The van der Waals surface area contributed by atoms with Gasteiger partial charge in [-0.3, -0.25) is 4.57 Å². The first-order valence-corrected chi connectivity index (χ1v) is 15.3. The SMILES string of the molecule is O[C@H]1CC[C@@H](n2c(Nc3ccc(F)cc3F)nc3cnc(N[C@H]4CC[C@H](OCCN5CCCCC5)CC4)nc32)CC1. The van der Waals surface area contributed by atoms with E-state index in [-0.39, 0.29) is 23.9 Å². The van der Waals surface area contributed by atoms with Crippen LogP contribution in [0.25, 0.3) is 11.2 Å². The van der Waals surface area contributed by atoms with Gasteiger partial charge in [0.2, 0.25) is 11.9 Å². The topological polar surface area (TPSA) is 100 Å². The first kappa shape index (κ1) is 28.2. The van der Waals surface area contributed by atoms with E-state index in [1.807, 2.05) is 4.57 Å². The molecule has 11 heteroatoms. The molecule has 41 heavy (non-hydrogen) atoms. The first-order chi connectivity index (χ1) is 20.0. The van der Waals surface area contributed by atoms with Crippen LogP contribution in [-0.4, -0.2) is 74.0 Å². The fourth-order valence-electron chi connectivity index (χ4n) is 6.51. The monoisotopic (exact) mass is 569 g/mol. The minimum Gasteiger partial charge on any atom is -0.393 e. The average Bonchev–Trinajstić information content (AvgIpc) is 3.33. The lowest BCUT2D eigenvalue weighted by atomic mass is 9.93. The molecule has 3 aromatic rings. The molecule has 2 aromatic heterocycles. The summed E-state index contributed by atoms with van der Waals surface area (Å²) >= 11 is 0. The summed E-state index contributed by atoms with van der Waals surface area (Å²) in [6, 6.07) is 3.73. The van der Waals surface area contributed by atoms with Gasteiger partial charge in [-0.25, -0.2) is 18.7 Å². The number of hydrogen-bond donors (Lipinski definition) is 3. The van der Waals surface area contributed by atoms with Crippen molar-refractivity contribution in [1.29, 1.82) is 0 Å². The van der Waals surface area contributed by atoms with Gasteiger partial charge < -0.3 is 25.4 Å². The van der Waals surface area contributed by atoms with Gasteiger partial charge in [0.1, 0.15) is 17.2 Å². The lowest BCUT2D eigenvalue weighted by Crippen LogP contribution is -2.35. The van der Waals surface area contributed by atoms with Gasteiger partial charge in [0.15, 0.2) is 5.65 Å². The number of benzene rings is 1. The van der Waals surface area contributed by atoms with Crippen molar-refractivity contribution in [2.24, 2.45) is 0 Å². The van der Waals surface area contributed by atoms with Crippen molar-refractivity contribution in [3.05, 3.63) is 36.0 Å². The number of likely N-dealkylation sites (tertiary alicyclic amines) is 1. The molecule has 0 amide bonds. The second-order valence-electron chi connectivity index (χ2n) is 11.8. The molecule has 9 nitrogen and oxygen atoms in total. The molecule has 0 atom stereocenters. The molecule has 0 bridgehead atoms. The van der Waals surface area contributed by atoms with Gasteiger partial charge in [0.05, 0.1) is 30.7 Å². The third-order valence-electron chi connectivity index (χ3n) is 8.86. The maximum atomic E-state index is 14.5. The van der Waals surface area contributed by atoms with Gasteiger partial charge in [0, 0.05) is 24.7 Å². The standard InChI is InChI=1S/C30H41F2N7O2/c31-20-4-13-26(25(32)18-20)35-30-36-27-19-33-29(37-28(27)39(30)22-7-9-23(40)10-8-22)34-21-5-11-24(12-6-21)41-17-16-38-14-2-1-3-15-38/h4,13,18-19,21-24,40H,1-3,5-12,14-17H2,(H,35,36)(H,33,34,37)/t21-,22-,23+,24-. The highest BCUT2D eigenvalue weighted by Crippen LogP contribution is 2.35. The van der Waals surface area contributed by atoms with E-state index in [4.69, 9.17) is 9.72 Å². The Morgan fingerprint density at radius 1 is 0.951 bits per heavy atom. The van der Waals surface area contributed by atoms with Crippen LogP contribution >= 0.6 is 0 Å².